The summed E-state index contributed by atoms with van der Waals surface area (Å²) >= 11 is 0. The van der Waals surface area contributed by atoms with E-state index < -0.39 is 10.1 Å². The minimum Gasteiger partial charge on any atom is -0.306 e. The third-order valence-electron chi connectivity index (χ3n) is 2.47. The molecule has 0 fully saturated rings. The lowest BCUT2D eigenvalue weighted by Gasteiger charge is -2.08. The lowest BCUT2D eigenvalue weighted by Crippen LogP contribution is -2.10. The van der Waals surface area contributed by atoms with Crippen molar-refractivity contribution >= 4 is 10.1 Å². The van der Waals surface area contributed by atoms with Crippen molar-refractivity contribution in [2.45, 2.75) is 24.4 Å². The van der Waals surface area contributed by atoms with Crippen molar-refractivity contribution in [1.29, 1.82) is 0 Å². The maximum atomic E-state index is 11.1. The van der Waals surface area contributed by atoms with E-state index in [1.165, 1.54) is 6.07 Å². The highest BCUT2D eigenvalue weighted by molar-refractivity contribution is 7.85. The van der Waals surface area contributed by atoms with Gasteiger partial charge in [-0.2, -0.15) is 8.42 Å². The maximum Gasteiger partial charge on any atom is 0.294 e. The summed E-state index contributed by atoms with van der Waals surface area (Å²) in [6.07, 6.45) is 0. The van der Waals surface area contributed by atoms with E-state index in [2.05, 4.69) is 5.32 Å². The van der Waals surface area contributed by atoms with Gasteiger partial charge in [-0.1, -0.05) is 12.1 Å². The molecule has 14 heavy (non-hydrogen) atoms. The molecule has 0 saturated heterocycles. The summed E-state index contributed by atoms with van der Waals surface area (Å²) in [5.41, 5.74) is 1.63. The molecule has 1 aromatic carbocycles. The van der Waals surface area contributed by atoms with E-state index in [1.54, 1.807) is 6.07 Å². The normalized spacial score (nSPS) is 20.9. The fourth-order valence-corrected chi connectivity index (χ4v) is 2.66. The van der Waals surface area contributed by atoms with E-state index in [0.29, 0.717) is 12.1 Å². The second kappa shape index (κ2) is 3.05. The van der Waals surface area contributed by atoms with Gasteiger partial charge >= 0.3 is 0 Å². The topological polar surface area (TPSA) is 66.4 Å². The first-order valence-corrected chi connectivity index (χ1v) is 5.77. The molecule has 0 spiro atoms. The fourth-order valence-electron chi connectivity index (χ4n) is 1.83. The van der Waals surface area contributed by atoms with Crippen LogP contribution in [0.2, 0.25) is 0 Å². The molecule has 0 aliphatic carbocycles. The van der Waals surface area contributed by atoms with E-state index >= 15 is 0 Å². The molecule has 4 nitrogen and oxygen atoms in total. The highest BCUT2D eigenvalue weighted by Gasteiger charge is 2.25. The van der Waals surface area contributed by atoms with Crippen molar-refractivity contribution in [2.24, 2.45) is 0 Å². The zero-order valence-corrected chi connectivity index (χ0v) is 8.50. The predicted molar refractivity (Wildman–Crippen MR) is 51.5 cm³/mol. The molecule has 1 aliphatic heterocycles. The Balaban J connectivity index is 2.70. The SMILES string of the molecule is CC1NCc2cccc(S(=O)(=O)O)c21. The maximum absolute atomic E-state index is 11.1. The molecule has 0 aromatic heterocycles. The average Bonchev–Trinajstić information content (AvgIpc) is 2.46. The van der Waals surface area contributed by atoms with Gasteiger partial charge in [0.05, 0.1) is 4.90 Å². The van der Waals surface area contributed by atoms with Gasteiger partial charge in [0.1, 0.15) is 0 Å². The standard InChI is InChI=1S/C9H11NO3S/c1-6-9-7(5-10-6)3-2-4-8(9)14(11,12)13/h2-4,6,10H,5H2,1H3,(H,11,12,13). The quantitative estimate of drug-likeness (QED) is 0.685. The number of hydrogen-bond donors (Lipinski definition) is 2. The van der Waals surface area contributed by atoms with E-state index in [4.69, 9.17) is 4.55 Å². The van der Waals surface area contributed by atoms with Crippen molar-refractivity contribution in [3.63, 3.8) is 0 Å². The van der Waals surface area contributed by atoms with Crippen LogP contribution in [0.25, 0.3) is 0 Å². The van der Waals surface area contributed by atoms with Crippen molar-refractivity contribution in [2.75, 3.05) is 0 Å². The van der Waals surface area contributed by atoms with Gasteiger partial charge in [0, 0.05) is 12.6 Å². The van der Waals surface area contributed by atoms with E-state index in [0.717, 1.165) is 5.56 Å². The highest BCUT2D eigenvalue weighted by Crippen LogP contribution is 2.30. The van der Waals surface area contributed by atoms with Gasteiger partial charge in [0.25, 0.3) is 10.1 Å². The van der Waals surface area contributed by atoms with Crippen molar-refractivity contribution in [3.8, 4) is 0 Å². The summed E-state index contributed by atoms with van der Waals surface area (Å²) in [5.74, 6) is 0. The molecular formula is C9H11NO3S. The lowest BCUT2D eigenvalue weighted by atomic mass is 10.1. The largest absolute Gasteiger partial charge is 0.306 e. The summed E-state index contributed by atoms with van der Waals surface area (Å²) in [6.45, 7) is 2.53. The number of fused-ring (bicyclic) bond motifs is 1. The summed E-state index contributed by atoms with van der Waals surface area (Å²) in [7, 11) is -4.10. The van der Waals surface area contributed by atoms with E-state index in [1.807, 2.05) is 13.0 Å². The van der Waals surface area contributed by atoms with Gasteiger partial charge in [-0.25, -0.2) is 0 Å². The number of rotatable bonds is 1. The Bertz CT molecular complexity index is 467. The van der Waals surface area contributed by atoms with Crippen molar-refractivity contribution < 1.29 is 13.0 Å². The van der Waals surface area contributed by atoms with Gasteiger partial charge in [0.2, 0.25) is 0 Å². The summed E-state index contributed by atoms with van der Waals surface area (Å²) < 4.78 is 31.1. The Morgan fingerprint density at radius 2 is 2.21 bits per heavy atom. The minimum atomic E-state index is -4.10. The molecule has 76 valence electrons. The zero-order valence-electron chi connectivity index (χ0n) is 7.69. The van der Waals surface area contributed by atoms with Gasteiger partial charge in [0.15, 0.2) is 0 Å². The molecule has 1 unspecified atom stereocenters. The summed E-state index contributed by atoms with van der Waals surface area (Å²) in [6, 6.07) is 4.91. The third kappa shape index (κ3) is 1.43. The van der Waals surface area contributed by atoms with Crippen LogP contribution in [-0.2, 0) is 16.7 Å². The molecular weight excluding hydrogens is 202 g/mol. The molecule has 0 amide bonds. The molecule has 2 N–H and O–H groups in total. The number of hydrogen-bond acceptors (Lipinski definition) is 3. The lowest BCUT2D eigenvalue weighted by molar-refractivity contribution is 0.480. The van der Waals surface area contributed by atoms with Crippen LogP contribution in [0.15, 0.2) is 23.1 Å². The Morgan fingerprint density at radius 3 is 2.86 bits per heavy atom. The highest BCUT2D eigenvalue weighted by atomic mass is 32.2. The molecule has 0 bridgehead atoms. The van der Waals surface area contributed by atoms with Crippen LogP contribution in [0.5, 0.6) is 0 Å². The van der Waals surface area contributed by atoms with Crippen LogP contribution >= 0.6 is 0 Å². The van der Waals surface area contributed by atoms with Gasteiger partial charge < -0.3 is 5.32 Å². The van der Waals surface area contributed by atoms with Crippen molar-refractivity contribution in [1.82, 2.24) is 5.32 Å². The fraction of sp³-hybridized carbons (Fsp3) is 0.333. The smallest absolute Gasteiger partial charge is 0.294 e. The number of nitrogens with one attached hydrogen (secondary N) is 1. The van der Waals surface area contributed by atoms with E-state index in [9.17, 15) is 8.42 Å². The molecule has 2 rings (SSSR count). The second-order valence-electron chi connectivity index (χ2n) is 3.41. The van der Waals surface area contributed by atoms with Crippen LogP contribution < -0.4 is 5.32 Å². The first-order valence-electron chi connectivity index (χ1n) is 4.33. The Labute approximate surface area is 82.7 Å². The second-order valence-corrected chi connectivity index (χ2v) is 4.80. The molecule has 1 aliphatic rings. The summed E-state index contributed by atoms with van der Waals surface area (Å²) in [4.78, 5) is 0.0208. The average molecular weight is 213 g/mol. The molecule has 1 aromatic rings. The Hall–Kier alpha value is -0.910. The number of benzene rings is 1. The van der Waals surface area contributed by atoms with Crippen LogP contribution in [0.4, 0.5) is 0 Å². The van der Waals surface area contributed by atoms with Crippen LogP contribution in [0.3, 0.4) is 0 Å². The molecule has 0 radical (unpaired) electrons. The predicted octanol–water partition coefficient (Wildman–Crippen LogP) is 1.10. The zero-order chi connectivity index (χ0) is 10.3. The van der Waals surface area contributed by atoms with Crippen LogP contribution in [0, 0.1) is 0 Å². The van der Waals surface area contributed by atoms with Gasteiger partial charge in [-0.15, -0.1) is 0 Å². The molecule has 1 atom stereocenters. The van der Waals surface area contributed by atoms with Crippen LogP contribution in [-0.4, -0.2) is 13.0 Å². The van der Waals surface area contributed by atoms with Gasteiger partial charge in [-0.05, 0) is 24.1 Å². The Morgan fingerprint density at radius 1 is 1.50 bits per heavy atom. The molecule has 0 saturated carbocycles. The first-order chi connectivity index (χ1) is 6.50. The third-order valence-corrected chi connectivity index (χ3v) is 3.38. The molecule has 1 heterocycles. The Kier molecular flexibility index (Phi) is 2.10. The van der Waals surface area contributed by atoms with Crippen molar-refractivity contribution in [3.05, 3.63) is 29.3 Å². The minimum absolute atomic E-state index is 0.0208. The molecule has 5 heteroatoms. The summed E-state index contributed by atoms with van der Waals surface area (Å²) in [5, 5.41) is 3.12. The first kappa shape index (κ1) is 9.64. The van der Waals surface area contributed by atoms with Crippen LogP contribution in [0.1, 0.15) is 24.1 Å². The van der Waals surface area contributed by atoms with Gasteiger partial charge in [-0.3, -0.25) is 4.55 Å². The van der Waals surface area contributed by atoms with E-state index in [-0.39, 0.29) is 10.9 Å². The monoisotopic (exact) mass is 213 g/mol.